The van der Waals surface area contributed by atoms with Gasteiger partial charge >= 0.3 is 0 Å². The first kappa shape index (κ1) is 14.7. The summed E-state index contributed by atoms with van der Waals surface area (Å²) in [6.45, 7) is 1.68. The van der Waals surface area contributed by atoms with Crippen molar-refractivity contribution in [3.8, 4) is 11.5 Å². The number of allylic oxidation sites excluding steroid dienone is 1. The van der Waals surface area contributed by atoms with Crippen molar-refractivity contribution >= 4 is 11.6 Å². The van der Waals surface area contributed by atoms with Gasteiger partial charge in [0.1, 0.15) is 0 Å². The lowest BCUT2D eigenvalue weighted by molar-refractivity contribution is 0.174. The van der Waals surface area contributed by atoms with Gasteiger partial charge in [-0.2, -0.15) is 0 Å². The van der Waals surface area contributed by atoms with Crippen molar-refractivity contribution in [1.29, 1.82) is 0 Å². The summed E-state index contributed by atoms with van der Waals surface area (Å²) < 4.78 is 10.7. The van der Waals surface area contributed by atoms with Crippen molar-refractivity contribution < 1.29 is 9.47 Å². The summed E-state index contributed by atoms with van der Waals surface area (Å²) in [5, 5.41) is 4.09. The van der Waals surface area contributed by atoms with Crippen LogP contribution in [0.5, 0.6) is 11.5 Å². The fraction of sp³-hybridized carbons (Fsp3) is 0.500. The summed E-state index contributed by atoms with van der Waals surface area (Å²) in [4.78, 5) is 0. The maximum absolute atomic E-state index is 6.23. The van der Waals surface area contributed by atoms with E-state index in [0.717, 1.165) is 18.5 Å². The van der Waals surface area contributed by atoms with Crippen LogP contribution in [0.4, 0.5) is 0 Å². The van der Waals surface area contributed by atoms with E-state index in [9.17, 15) is 0 Å². The molecule has 3 rings (SSSR count). The molecular weight excluding hydrogens is 288 g/mol. The molecule has 0 radical (unpaired) electrons. The molecule has 0 fully saturated rings. The summed E-state index contributed by atoms with van der Waals surface area (Å²) >= 11 is 6.23. The van der Waals surface area contributed by atoms with Crippen LogP contribution in [0.25, 0.3) is 0 Å². The van der Waals surface area contributed by atoms with E-state index in [1.54, 1.807) is 5.57 Å². The lowest BCUT2D eigenvalue weighted by Crippen LogP contribution is -2.29. The van der Waals surface area contributed by atoms with E-state index in [1.165, 1.54) is 19.3 Å². The van der Waals surface area contributed by atoms with Gasteiger partial charge in [0.25, 0.3) is 0 Å². The zero-order chi connectivity index (χ0) is 14.7. The number of ether oxygens (including phenoxy) is 2. The third kappa shape index (κ3) is 3.34. The first-order chi connectivity index (χ1) is 10.3. The third-order valence-corrected chi connectivity index (χ3v) is 4.34. The van der Waals surface area contributed by atoms with Gasteiger partial charge in [0.15, 0.2) is 11.5 Å². The van der Waals surface area contributed by atoms with Crippen LogP contribution in [-0.4, -0.2) is 19.9 Å². The van der Waals surface area contributed by atoms with Crippen molar-refractivity contribution in [2.75, 3.05) is 19.9 Å². The molecule has 0 bridgehead atoms. The monoisotopic (exact) mass is 308 g/mol. The maximum atomic E-state index is 6.23. The van der Waals surface area contributed by atoms with E-state index >= 15 is 0 Å². The van der Waals surface area contributed by atoms with Crippen LogP contribution >= 0.6 is 11.6 Å². The van der Waals surface area contributed by atoms with Crippen molar-refractivity contribution in [3.05, 3.63) is 34.4 Å². The number of hydrogen-bond acceptors (Lipinski definition) is 4. The van der Waals surface area contributed by atoms with Crippen LogP contribution in [0.1, 0.15) is 37.3 Å². The number of rotatable bonds is 6. The predicted molar refractivity (Wildman–Crippen MR) is 83.9 cm³/mol. The molecule has 1 aromatic carbocycles. The van der Waals surface area contributed by atoms with Crippen LogP contribution in [0.2, 0.25) is 5.02 Å². The Labute approximate surface area is 130 Å². The quantitative estimate of drug-likeness (QED) is 0.793. The van der Waals surface area contributed by atoms with Crippen LogP contribution in [0.15, 0.2) is 23.8 Å². The van der Waals surface area contributed by atoms with Crippen molar-refractivity contribution in [2.24, 2.45) is 5.73 Å². The highest BCUT2D eigenvalue weighted by atomic mass is 35.5. The SMILES string of the molecule is NCC(NCCC1=CCCC1)c1cc(Cl)c2c(c1)OCO2. The molecule has 0 aromatic heterocycles. The van der Waals surface area contributed by atoms with E-state index < -0.39 is 0 Å². The molecule has 0 spiro atoms. The Morgan fingerprint density at radius 2 is 2.24 bits per heavy atom. The van der Waals surface area contributed by atoms with Crippen molar-refractivity contribution in [2.45, 2.75) is 31.7 Å². The number of halogens is 1. The van der Waals surface area contributed by atoms with Gasteiger partial charge in [0.05, 0.1) is 5.02 Å². The fourth-order valence-corrected chi connectivity index (χ4v) is 3.17. The lowest BCUT2D eigenvalue weighted by Gasteiger charge is -2.18. The Kier molecular flexibility index (Phi) is 4.68. The first-order valence-electron chi connectivity index (χ1n) is 7.48. The molecule has 3 N–H and O–H groups in total. The first-order valence-corrected chi connectivity index (χ1v) is 7.86. The largest absolute Gasteiger partial charge is 0.454 e. The molecule has 2 aliphatic rings. The van der Waals surface area contributed by atoms with Crippen LogP contribution in [-0.2, 0) is 0 Å². The standard InChI is InChI=1S/C16H21ClN2O2/c17-13-7-12(8-15-16(13)21-10-20-15)14(9-18)19-6-5-11-3-1-2-4-11/h3,7-8,14,19H,1-2,4-6,9-10,18H2. The molecule has 1 aromatic rings. The van der Waals surface area contributed by atoms with Crippen molar-refractivity contribution in [1.82, 2.24) is 5.32 Å². The number of benzene rings is 1. The minimum absolute atomic E-state index is 0.0824. The molecule has 0 amide bonds. The van der Waals surface area contributed by atoms with Crippen LogP contribution in [0, 0.1) is 0 Å². The topological polar surface area (TPSA) is 56.5 Å². The molecule has 0 saturated carbocycles. The summed E-state index contributed by atoms with van der Waals surface area (Å²) in [6, 6.07) is 3.96. The molecular formula is C16H21ClN2O2. The fourth-order valence-electron chi connectivity index (χ4n) is 2.90. The zero-order valence-electron chi connectivity index (χ0n) is 12.0. The predicted octanol–water partition coefficient (Wildman–Crippen LogP) is 3.16. The second-order valence-corrected chi connectivity index (χ2v) is 5.89. The Morgan fingerprint density at radius 3 is 3.00 bits per heavy atom. The second kappa shape index (κ2) is 6.69. The van der Waals surface area contributed by atoms with Gasteiger partial charge < -0.3 is 20.5 Å². The Bertz CT molecular complexity index is 545. The van der Waals surface area contributed by atoms with Gasteiger partial charge in [-0.1, -0.05) is 23.3 Å². The summed E-state index contributed by atoms with van der Waals surface area (Å²) in [5.41, 5.74) is 8.51. The van der Waals surface area contributed by atoms with Gasteiger partial charge in [-0.15, -0.1) is 0 Å². The number of nitrogens with one attached hydrogen (secondary N) is 1. The Morgan fingerprint density at radius 1 is 1.33 bits per heavy atom. The summed E-state index contributed by atoms with van der Waals surface area (Å²) in [7, 11) is 0. The molecule has 1 unspecified atom stereocenters. The molecule has 5 heteroatoms. The molecule has 114 valence electrons. The highest BCUT2D eigenvalue weighted by Crippen LogP contribution is 2.40. The second-order valence-electron chi connectivity index (χ2n) is 5.48. The Balaban J connectivity index is 1.64. The molecule has 1 heterocycles. The van der Waals surface area contributed by atoms with Gasteiger partial charge in [0, 0.05) is 12.6 Å². The third-order valence-electron chi connectivity index (χ3n) is 4.06. The van der Waals surface area contributed by atoms with Crippen LogP contribution in [0.3, 0.4) is 0 Å². The van der Waals surface area contributed by atoms with Gasteiger partial charge in [-0.3, -0.25) is 0 Å². The number of nitrogens with two attached hydrogens (primary N) is 1. The minimum Gasteiger partial charge on any atom is -0.454 e. The highest BCUT2D eigenvalue weighted by molar-refractivity contribution is 6.32. The average Bonchev–Trinajstić information content (AvgIpc) is 3.14. The maximum Gasteiger partial charge on any atom is 0.231 e. The number of fused-ring (bicyclic) bond motifs is 1. The van der Waals surface area contributed by atoms with Gasteiger partial charge in [-0.25, -0.2) is 0 Å². The molecule has 0 saturated heterocycles. The Hall–Kier alpha value is -1.23. The molecule has 1 aliphatic heterocycles. The molecule has 1 aliphatic carbocycles. The normalized spacial score (nSPS) is 17.9. The van der Waals surface area contributed by atoms with E-state index in [1.807, 2.05) is 12.1 Å². The minimum atomic E-state index is 0.0824. The molecule has 1 atom stereocenters. The zero-order valence-corrected chi connectivity index (χ0v) is 12.8. The van der Waals surface area contributed by atoms with Gasteiger partial charge in [-0.05, 0) is 49.9 Å². The van der Waals surface area contributed by atoms with Crippen LogP contribution < -0.4 is 20.5 Å². The average molecular weight is 309 g/mol. The highest BCUT2D eigenvalue weighted by Gasteiger charge is 2.21. The van der Waals surface area contributed by atoms with E-state index in [4.69, 9.17) is 26.8 Å². The van der Waals surface area contributed by atoms with Crippen molar-refractivity contribution in [3.63, 3.8) is 0 Å². The lowest BCUT2D eigenvalue weighted by atomic mass is 10.1. The summed E-state index contributed by atoms with van der Waals surface area (Å²) in [6.07, 6.45) is 7.22. The molecule has 21 heavy (non-hydrogen) atoms. The summed E-state index contributed by atoms with van der Waals surface area (Å²) in [5.74, 6) is 1.34. The van der Waals surface area contributed by atoms with E-state index in [0.29, 0.717) is 23.1 Å². The van der Waals surface area contributed by atoms with Gasteiger partial charge in [0.2, 0.25) is 6.79 Å². The van der Waals surface area contributed by atoms with E-state index in [2.05, 4.69) is 11.4 Å². The van der Waals surface area contributed by atoms with E-state index in [-0.39, 0.29) is 12.8 Å². The smallest absolute Gasteiger partial charge is 0.231 e. The number of hydrogen-bond donors (Lipinski definition) is 2. The molecule has 4 nitrogen and oxygen atoms in total.